The number of rotatable bonds is 4. The Morgan fingerprint density at radius 1 is 1.62 bits per heavy atom. The van der Waals surface area contributed by atoms with Crippen molar-refractivity contribution in [1.29, 1.82) is 0 Å². The van der Waals surface area contributed by atoms with Gasteiger partial charge in [-0.05, 0) is 32.1 Å². The maximum Gasteiger partial charge on any atom is 0.348 e. The summed E-state index contributed by atoms with van der Waals surface area (Å²) in [6, 6.07) is 3.77. The minimum atomic E-state index is -0.249. The molecule has 0 aliphatic carbocycles. The van der Waals surface area contributed by atoms with E-state index in [-0.39, 0.29) is 5.97 Å². The lowest BCUT2D eigenvalue weighted by Crippen LogP contribution is -2.09. The van der Waals surface area contributed by atoms with Crippen LogP contribution in [-0.4, -0.2) is 26.7 Å². The Morgan fingerprint density at radius 2 is 2.38 bits per heavy atom. The van der Waals surface area contributed by atoms with Crippen molar-refractivity contribution in [3.8, 4) is 0 Å². The van der Waals surface area contributed by atoms with E-state index in [1.54, 1.807) is 0 Å². The van der Waals surface area contributed by atoms with E-state index in [9.17, 15) is 4.79 Å². The predicted octanol–water partition coefficient (Wildman–Crippen LogP) is 1.30. The van der Waals surface area contributed by atoms with E-state index in [2.05, 4.69) is 10.1 Å². The molecule has 0 unspecified atom stereocenters. The summed E-state index contributed by atoms with van der Waals surface area (Å²) in [5.74, 6) is -0.249. The number of hydrogen-bond donors (Lipinski definition) is 1. The van der Waals surface area contributed by atoms with Crippen LogP contribution in [0.4, 0.5) is 0 Å². The molecule has 72 valence electrons. The molecular formula is C9H13NO2S. The summed E-state index contributed by atoms with van der Waals surface area (Å²) in [6.07, 6.45) is 0.957. The Bertz CT molecular complexity index is 283. The molecule has 1 N–H and O–H groups in total. The Hall–Kier alpha value is -0.870. The molecule has 0 saturated carbocycles. The summed E-state index contributed by atoms with van der Waals surface area (Å²) in [7, 11) is 3.31. The highest BCUT2D eigenvalue weighted by Gasteiger charge is 2.07. The number of ether oxygens (including phenoxy) is 1. The summed E-state index contributed by atoms with van der Waals surface area (Å²) in [5.41, 5.74) is 0. The van der Waals surface area contributed by atoms with Gasteiger partial charge in [0.1, 0.15) is 4.88 Å². The van der Waals surface area contributed by atoms with E-state index in [1.807, 2.05) is 19.2 Å². The number of thiophene rings is 1. The van der Waals surface area contributed by atoms with Crippen molar-refractivity contribution in [3.05, 3.63) is 21.9 Å². The van der Waals surface area contributed by atoms with E-state index in [4.69, 9.17) is 0 Å². The van der Waals surface area contributed by atoms with Crippen LogP contribution >= 0.6 is 11.3 Å². The number of likely N-dealkylation sites (N-methyl/N-ethyl adjacent to an activating group) is 1. The van der Waals surface area contributed by atoms with Gasteiger partial charge in [0.2, 0.25) is 0 Å². The highest BCUT2D eigenvalue weighted by Crippen LogP contribution is 2.17. The normalized spacial score (nSPS) is 10.0. The lowest BCUT2D eigenvalue weighted by molar-refractivity contribution is 0.0606. The van der Waals surface area contributed by atoms with Crippen molar-refractivity contribution in [3.63, 3.8) is 0 Å². The molecule has 0 bridgehead atoms. The number of methoxy groups -OCH3 is 1. The quantitative estimate of drug-likeness (QED) is 0.743. The van der Waals surface area contributed by atoms with Crippen LogP contribution < -0.4 is 5.32 Å². The maximum absolute atomic E-state index is 11.1. The molecule has 0 spiro atoms. The molecular weight excluding hydrogens is 186 g/mol. The van der Waals surface area contributed by atoms with Crippen LogP contribution in [0.25, 0.3) is 0 Å². The van der Waals surface area contributed by atoms with Gasteiger partial charge < -0.3 is 10.1 Å². The lowest BCUT2D eigenvalue weighted by Gasteiger charge is -1.94. The zero-order valence-corrected chi connectivity index (χ0v) is 8.61. The average Bonchev–Trinajstić information content (AvgIpc) is 2.62. The minimum absolute atomic E-state index is 0.249. The summed E-state index contributed by atoms with van der Waals surface area (Å²) >= 11 is 1.49. The van der Waals surface area contributed by atoms with Crippen molar-refractivity contribution in [1.82, 2.24) is 5.32 Å². The summed E-state index contributed by atoms with van der Waals surface area (Å²) < 4.78 is 4.61. The van der Waals surface area contributed by atoms with E-state index >= 15 is 0 Å². The van der Waals surface area contributed by atoms with E-state index < -0.39 is 0 Å². The second-order valence-corrected chi connectivity index (χ2v) is 3.78. The first-order valence-electron chi connectivity index (χ1n) is 4.09. The molecule has 0 atom stereocenters. The summed E-state index contributed by atoms with van der Waals surface area (Å²) in [5, 5.41) is 3.06. The fourth-order valence-electron chi connectivity index (χ4n) is 0.971. The maximum atomic E-state index is 11.1. The number of esters is 1. The number of nitrogens with one attached hydrogen (secondary N) is 1. The van der Waals surface area contributed by atoms with Crippen LogP contribution in [0.3, 0.4) is 0 Å². The van der Waals surface area contributed by atoms with Gasteiger partial charge in [0.15, 0.2) is 0 Å². The van der Waals surface area contributed by atoms with Gasteiger partial charge in [-0.15, -0.1) is 11.3 Å². The van der Waals surface area contributed by atoms with Gasteiger partial charge in [0.05, 0.1) is 7.11 Å². The molecule has 13 heavy (non-hydrogen) atoms. The lowest BCUT2D eigenvalue weighted by atomic mass is 10.3. The molecule has 1 rings (SSSR count). The third kappa shape index (κ3) is 2.82. The van der Waals surface area contributed by atoms with Crippen molar-refractivity contribution in [2.45, 2.75) is 6.42 Å². The summed E-state index contributed by atoms with van der Waals surface area (Å²) in [4.78, 5) is 13.0. The largest absolute Gasteiger partial charge is 0.465 e. The van der Waals surface area contributed by atoms with E-state index in [0.717, 1.165) is 13.0 Å². The van der Waals surface area contributed by atoms with Crippen LogP contribution in [0.1, 0.15) is 14.5 Å². The second-order valence-electron chi connectivity index (χ2n) is 2.61. The van der Waals surface area contributed by atoms with Gasteiger partial charge in [-0.1, -0.05) is 0 Å². The van der Waals surface area contributed by atoms with Crippen LogP contribution in [-0.2, 0) is 11.2 Å². The van der Waals surface area contributed by atoms with Gasteiger partial charge in [0.25, 0.3) is 0 Å². The first-order valence-corrected chi connectivity index (χ1v) is 4.91. The first kappa shape index (κ1) is 10.2. The minimum Gasteiger partial charge on any atom is -0.465 e. The molecule has 0 saturated heterocycles. The fraction of sp³-hybridized carbons (Fsp3) is 0.444. The Balaban J connectivity index is 2.58. The SMILES string of the molecule is CNCCc1ccc(C(=O)OC)s1. The smallest absolute Gasteiger partial charge is 0.348 e. The van der Waals surface area contributed by atoms with Crippen LogP contribution in [0, 0.1) is 0 Å². The van der Waals surface area contributed by atoms with Crippen molar-refractivity contribution in [2.75, 3.05) is 20.7 Å². The Kier molecular flexibility index (Phi) is 3.92. The number of carbonyl (C=O) groups excluding carboxylic acids is 1. The standard InChI is InChI=1S/C9H13NO2S/c1-10-6-5-7-3-4-8(13-7)9(11)12-2/h3-4,10H,5-6H2,1-2H3. The predicted molar refractivity (Wildman–Crippen MR) is 53.3 cm³/mol. The van der Waals surface area contributed by atoms with E-state index in [1.165, 1.54) is 23.3 Å². The number of carbonyl (C=O) groups is 1. The number of hydrogen-bond acceptors (Lipinski definition) is 4. The molecule has 0 fully saturated rings. The van der Waals surface area contributed by atoms with E-state index in [0.29, 0.717) is 4.88 Å². The Morgan fingerprint density at radius 3 is 3.00 bits per heavy atom. The van der Waals surface area contributed by atoms with Gasteiger partial charge >= 0.3 is 5.97 Å². The molecule has 3 nitrogen and oxygen atoms in total. The van der Waals surface area contributed by atoms with Crippen LogP contribution in [0.15, 0.2) is 12.1 Å². The molecule has 1 heterocycles. The highest BCUT2D eigenvalue weighted by molar-refractivity contribution is 7.13. The highest BCUT2D eigenvalue weighted by atomic mass is 32.1. The molecule has 0 aliphatic heterocycles. The van der Waals surface area contributed by atoms with Crippen molar-refractivity contribution in [2.24, 2.45) is 0 Å². The second kappa shape index (κ2) is 4.99. The molecule has 1 aromatic rings. The van der Waals surface area contributed by atoms with Gasteiger partial charge in [0, 0.05) is 4.88 Å². The Labute approximate surface area is 81.7 Å². The van der Waals surface area contributed by atoms with Gasteiger partial charge in [-0.2, -0.15) is 0 Å². The van der Waals surface area contributed by atoms with Gasteiger partial charge in [-0.25, -0.2) is 4.79 Å². The van der Waals surface area contributed by atoms with Crippen LogP contribution in [0.5, 0.6) is 0 Å². The monoisotopic (exact) mass is 199 g/mol. The molecule has 0 aliphatic rings. The fourth-order valence-corrected chi connectivity index (χ4v) is 1.90. The zero-order chi connectivity index (χ0) is 9.68. The summed E-state index contributed by atoms with van der Waals surface area (Å²) in [6.45, 7) is 0.932. The topological polar surface area (TPSA) is 38.3 Å². The van der Waals surface area contributed by atoms with Crippen molar-refractivity contribution < 1.29 is 9.53 Å². The third-order valence-corrected chi connectivity index (χ3v) is 2.79. The molecule has 4 heteroatoms. The molecule has 0 amide bonds. The van der Waals surface area contributed by atoms with Gasteiger partial charge in [-0.3, -0.25) is 0 Å². The van der Waals surface area contributed by atoms with Crippen molar-refractivity contribution >= 4 is 17.3 Å². The van der Waals surface area contributed by atoms with Crippen LogP contribution in [0.2, 0.25) is 0 Å². The first-order chi connectivity index (χ1) is 6.27. The zero-order valence-electron chi connectivity index (χ0n) is 7.79. The molecule has 0 aromatic carbocycles. The third-order valence-electron chi connectivity index (χ3n) is 1.67. The molecule has 1 aromatic heterocycles. The molecule has 0 radical (unpaired) electrons. The average molecular weight is 199 g/mol.